The Bertz CT molecular complexity index is 243. The quantitative estimate of drug-likeness (QED) is 0.672. The third kappa shape index (κ3) is 0.876. The van der Waals surface area contributed by atoms with E-state index >= 15 is 0 Å². The van der Waals surface area contributed by atoms with Crippen LogP contribution in [0.1, 0.15) is 5.69 Å². The van der Waals surface area contributed by atoms with E-state index in [-0.39, 0.29) is 0 Å². The van der Waals surface area contributed by atoms with Crippen LogP contribution in [-0.4, -0.2) is 16.1 Å². The van der Waals surface area contributed by atoms with Crippen LogP contribution in [0, 0.1) is 0 Å². The number of halogens is 1. The molecule has 4 heteroatoms. The summed E-state index contributed by atoms with van der Waals surface area (Å²) in [5, 5.41) is 3.27. The molecule has 0 saturated carbocycles. The Kier molecular flexibility index (Phi) is 1.50. The molecule has 1 aromatic heterocycles. The van der Waals surface area contributed by atoms with Crippen molar-refractivity contribution in [1.82, 2.24) is 14.9 Å². The summed E-state index contributed by atoms with van der Waals surface area (Å²) in [4.78, 5) is 4.14. The summed E-state index contributed by atoms with van der Waals surface area (Å²) in [7, 11) is 0. The van der Waals surface area contributed by atoms with E-state index in [0.717, 1.165) is 24.4 Å². The van der Waals surface area contributed by atoms with E-state index in [9.17, 15) is 0 Å². The van der Waals surface area contributed by atoms with Crippen molar-refractivity contribution in [3.63, 3.8) is 0 Å². The number of hydrogen-bond acceptors (Lipinski definition) is 2. The maximum atomic E-state index is 4.14. The summed E-state index contributed by atoms with van der Waals surface area (Å²) in [5.41, 5.74) is 1.26. The van der Waals surface area contributed by atoms with Gasteiger partial charge >= 0.3 is 0 Å². The van der Waals surface area contributed by atoms with Crippen molar-refractivity contribution >= 4 is 15.9 Å². The monoisotopic (exact) mass is 201 g/mol. The molecule has 0 bridgehead atoms. The summed E-state index contributed by atoms with van der Waals surface area (Å²) < 4.78 is 3.13. The summed E-state index contributed by atoms with van der Waals surface area (Å²) >= 11 is 3.38. The summed E-state index contributed by atoms with van der Waals surface area (Å²) in [6.07, 6.45) is 1.90. The fourth-order valence-electron chi connectivity index (χ4n) is 1.17. The van der Waals surface area contributed by atoms with Gasteiger partial charge in [0.2, 0.25) is 0 Å². The second-order valence-corrected chi connectivity index (χ2v) is 3.06. The van der Waals surface area contributed by atoms with Crippen molar-refractivity contribution < 1.29 is 0 Å². The molecule has 1 N–H and O–H groups in total. The third-order valence-electron chi connectivity index (χ3n) is 1.71. The van der Waals surface area contributed by atoms with Crippen LogP contribution < -0.4 is 5.32 Å². The van der Waals surface area contributed by atoms with Crippen LogP contribution in [0.3, 0.4) is 0 Å². The zero-order chi connectivity index (χ0) is 6.97. The molecule has 0 aliphatic carbocycles. The number of aromatic nitrogens is 2. The zero-order valence-corrected chi connectivity index (χ0v) is 7.06. The first-order chi connectivity index (χ1) is 4.88. The van der Waals surface area contributed by atoms with Crippen molar-refractivity contribution in [2.75, 3.05) is 6.54 Å². The lowest BCUT2D eigenvalue weighted by atomic mass is 10.4. The Morgan fingerprint density at radius 2 is 2.60 bits per heavy atom. The van der Waals surface area contributed by atoms with E-state index in [4.69, 9.17) is 0 Å². The first kappa shape index (κ1) is 6.37. The van der Waals surface area contributed by atoms with Gasteiger partial charge < -0.3 is 9.88 Å². The van der Waals surface area contributed by atoms with Gasteiger partial charge in [-0.25, -0.2) is 4.98 Å². The molecule has 10 heavy (non-hydrogen) atoms. The topological polar surface area (TPSA) is 29.9 Å². The Hall–Kier alpha value is -0.350. The first-order valence-corrected chi connectivity index (χ1v) is 4.08. The van der Waals surface area contributed by atoms with E-state index in [1.807, 2.05) is 6.20 Å². The molecule has 0 amide bonds. The maximum absolute atomic E-state index is 4.14. The Morgan fingerprint density at radius 1 is 1.70 bits per heavy atom. The number of imidazole rings is 1. The molecule has 54 valence electrons. The smallest absolute Gasteiger partial charge is 0.177 e. The van der Waals surface area contributed by atoms with Gasteiger partial charge in [0.15, 0.2) is 4.73 Å². The van der Waals surface area contributed by atoms with Gasteiger partial charge in [0.25, 0.3) is 0 Å². The molecule has 2 rings (SSSR count). The molecule has 0 fully saturated rings. The summed E-state index contributed by atoms with van der Waals surface area (Å²) in [6, 6.07) is 0. The molecule has 0 aromatic carbocycles. The average molecular weight is 202 g/mol. The van der Waals surface area contributed by atoms with Gasteiger partial charge in [0, 0.05) is 19.6 Å². The van der Waals surface area contributed by atoms with Gasteiger partial charge in [0.1, 0.15) is 0 Å². The van der Waals surface area contributed by atoms with Crippen LogP contribution >= 0.6 is 15.9 Å². The number of rotatable bonds is 0. The van der Waals surface area contributed by atoms with Crippen LogP contribution in [0.5, 0.6) is 0 Å². The third-order valence-corrected chi connectivity index (χ3v) is 2.34. The van der Waals surface area contributed by atoms with Gasteiger partial charge in [0.05, 0.1) is 11.9 Å². The van der Waals surface area contributed by atoms with Gasteiger partial charge in [-0.2, -0.15) is 0 Å². The number of nitrogens with one attached hydrogen (secondary N) is 1. The molecule has 1 aromatic rings. The average Bonchev–Trinajstić information content (AvgIpc) is 2.34. The Morgan fingerprint density at radius 3 is 3.40 bits per heavy atom. The van der Waals surface area contributed by atoms with Crippen LogP contribution in [0.15, 0.2) is 10.9 Å². The highest BCUT2D eigenvalue weighted by atomic mass is 79.9. The molecule has 1 aliphatic heterocycles. The normalized spacial score (nSPS) is 16.9. The molecule has 0 unspecified atom stereocenters. The predicted molar refractivity (Wildman–Crippen MR) is 41.6 cm³/mol. The molecule has 0 spiro atoms. The molecular formula is C6H8BrN3. The largest absolute Gasteiger partial charge is 0.320 e. The standard InChI is InChI=1S/C6H8BrN3/c7-6-9-4-5-3-8-1-2-10(5)6/h4,8H,1-3H2. The van der Waals surface area contributed by atoms with E-state index in [1.165, 1.54) is 5.69 Å². The molecule has 0 saturated heterocycles. The lowest BCUT2D eigenvalue weighted by molar-refractivity contribution is 0.509. The lowest BCUT2D eigenvalue weighted by Gasteiger charge is -2.15. The fourth-order valence-corrected chi connectivity index (χ4v) is 1.68. The second-order valence-electron chi connectivity index (χ2n) is 2.35. The Labute approximate surface area is 67.6 Å². The van der Waals surface area contributed by atoms with Crippen LogP contribution in [-0.2, 0) is 13.1 Å². The minimum absolute atomic E-state index is 0.943. The highest BCUT2D eigenvalue weighted by Crippen LogP contribution is 2.13. The maximum Gasteiger partial charge on any atom is 0.177 e. The van der Waals surface area contributed by atoms with Crippen molar-refractivity contribution in [2.24, 2.45) is 0 Å². The molecule has 3 nitrogen and oxygen atoms in total. The molecular weight excluding hydrogens is 194 g/mol. The van der Waals surface area contributed by atoms with Crippen LogP contribution in [0.25, 0.3) is 0 Å². The predicted octanol–water partition coefficient (Wildman–Crippen LogP) is 0.749. The van der Waals surface area contributed by atoms with Crippen LogP contribution in [0.4, 0.5) is 0 Å². The van der Waals surface area contributed by atoms with E-state index in [2.05, 4.69) is 30.8 Å². The number of nitrogens with zero attached hydrogens (tertiary/aromatic N) is 2. The van der Waals surface area contributed by atoms with Crippen molar-refractivity contribution in [2.45, 2.75) is 13.1 Å². The number of hydrogen-bond donors (Lipinski definition) is 1. The highest BCUT2D eigenvalue weighted by molar-refractivity contribution is 9.10. The Balaban J connectivity index is 2.45. The van der Waals surface area contributed by atoms with E-state index in [1.54, 1.807) is 0 Å². The van der Waals surface area contributed by atoms with Gasteiger partial charge in [-0.1, -0.05) is 0 Å². The van der Waals surface area contributed by atoms with Crippen molar-refractivity contribution in [1.29, 1.82) is 0 Å². The molecule has 2 heterocycles. The minimum atomic E-state index is 0.943. The van der Waals surface area contributed by atoms with Crippen LogP contribution in [0.2, 0.25) is 0 Å². The minimum Gasteiger partial charge on any atom is -0.320 e. The summed E-state index contributed by atoms with van der Waals surface area (Å²) in [5.74, 6) is 0. The molecule has 0 radical (unpaired) electrons. The zero-order valence-electron chi connectivity index (χ0n) is 5.47. The summed E-state index contributed by atoms with van der Waals surface area (Å²) in [6.45, 7) is 3.01. The van der Waals surface area contributed by atoms with Gasteiger partial charge in [-0.05, 0) is 15.9 Å². The van der Waals surface area contributed by atoms with E-state index < -0.39 is 0 Å². The van der Waals surface area contributed by atoms with Crippen molar-refractivity contribution in [3.8, 4) is 0 Å². The van der Waals surface area contributed by atoms with E-state index in [0.29, 0.717) is 0 Å². The first-order valence-electron chi connectivity index (χ1n) is 3.28. The molecule has 1 aliphatic rings. The van der Waals surface area contributed by atoms with Gasteiger partial charge in [-0.15, -0.1) is 0 Å². The molecule has 0 atom stereocenters. The SMILES string of the molecule is Brc1ncc2n1CCNC2. The second kappa shape index (κ2) is 2.36. The van der Waals surface area contributed by atoms with Crippen molar-refractivity contribution in [3.05, 3.63) is 16.6 Å². The van der Waals surface area contributed by atoms with Gasteiger partial charge in [-0.3, -0.25) is 0 Å². The highest BCUT2D eigenvalue weighted by Gasteiger charge is 2.10. The number of fused-ring (bicyclic) bond motifs is 1. The lowest BCUT2D eigenvalue weighted by Crippen LogP contribution is -2.27. The fraction of sp³-hybridized carbons (Fsp3) is 0.500.